The molecule has 0 saturated heterocycles. The number of hydrogen-bond acceptors (Lipinski definition) is 7. The first-order chi connectivity index (χ1) is 15.2. The summed E-state index contributed by atoms with van der Waals surface area (Å²) in [5.74, 6) is -0.575. The van der Waals surface area contributed by atoms with Crippen LogP contribution in [0.25, 0.3) is 0 Å². The zero-order valence-electron chi connectivity index (χ0n) is 18.1. The van der Waals surface area contributed by atoms with Gasteiger partial charge in [0.2, 0.25) is 0 Å². The highest BCUT2D eigenvalue weighted by Crippen LogP contribution is 2.21. The van der Waals surface area contributed by atoms with Crippen LogP contribution in [0.3, 0.4) is 0 Å². The highest BCUT2D eigenvalue weighted by atomic mass is 16.6. The lowest BCUT2D eigenvalue weighted by molar-refractivity contribution is -0.384. The number of phenolic OH excluding ortho intramolecular Hbond substituents is 1. The number of hydrogen-bond donors (Lipinski definition) is 3. The SMILES string of the molecule is Cc1ccccc1OCC(=O)N[C@@H](CC(C)C)C(=O)N/N=C\c1cc([N+](=O)[O-])ccc1O. The van der Waals surface area contributed by atoms with Gasteiger partial charge in [0, 0.05) is 17.7 Å². The van der Waals surface area contributed by atoms with Gasteiger partial charge in [-0.25, -0.2) is 5.43 Å². The van der Waals surface area contributed by atoms with E-state index in [9.17, 15) is 24.8 Å². The molecular weight excluding hydrogens is 416 g/mol. The van der Waals surface area contributed by atoms with Gasteiger partial charge in [0.1, 0.15) is 17.5 Å². The summed E-state index contributed by atoms with van der Waals surface area (Å²) in [4.78, 5) is 35.1. The summed E-state index contributed by atoms with van der Waals surface area (Å²) >= 11 is 0. The largest absolute Gasteiger partial charge is 0.507 e. The third-order valence-corrected chi connectivity index (χ3v) is 4.41. The lowest BCUT2D eigenvalue weighted by Crippen LogP contribution is -2.47. The maximum absolute atomic E-state index is 12.5. The molecule has 32 heavy (non-hydrogen) atoms. The van der Waals surface area contributed by atoms with Crippen LogP contribution in [0.1, 0.15) is 31.4 Å². The molecule has 0 heterocycles. The monoisotopic (exact) mass is 442 g/mol. The predicted octanol–water partition coefficient (Wildman–Crippen LogP) is 2.67. The van der Waals surface area contributed by atoms with Gasteiger partial charge in [-0.05, 0) is 37.0 Å². The minimum Gasteiger partial charge on any atom is -0.507 e. The fourth-order valence-electron chi connectivity index (χ4n) is 2.80. The molecule has 3 N–H and O–H groups in total. The number of nitro benzene ring substituents is 1. The molecule has 0 unspecified atom stereocenters. The van der Waals surface area contributed by atoms with Gasteiger partial charge in [0.05, 0.1) is 11.1 Å². The summed E-state index contributed by atoms with van der Waals surface area (Å²) < 4.78 is 5.51. The van der Waals surface area contributed by atoms with Crippen molar-refractivity contribution in [2.75, 3.05) is 6.61 Å². The number of non-ortho nitro benzene ring substituents is 1. The molecule has 2 amide bonds. The van der Waals surface area contributed by atoms with E-state index in [2.05, 4.69) is 15.8 Å². The molecule has 2 rings (SSSR count). The summed E-state index contributed by atoms with van der Waals surface area (Å²) in [5.41, 5.74) is 3.02. The van der Waals surface area contributed by atoms with Crippen molar-refractivity contribution < 1.29 is 24.4 Å². The van der Waals surface area contributed by atoms with E-state index in [0.29, 0.717) is 12.2 Å². The van der Waals surface area contributed by atoms with Crippen LogP contribution in [0.15, 0.2) is 47.6 Å². The van der Waals surface area contributed by atoms with Crippen LogP contribution in [0, 0.1) is 23.0 Å². The smallest absolute Gasteiger partial charge is 0.270 e. The first-order valence-corrected chi connectivity index (χ1v) is 9.95. The third kappa shape index (κ3) is 7.38. The zero-order chi connectivity index (χ0) is 23.7. The zero-order valence-corrected chi connectivity index (χ0v) is 18.1. The molecule has 170 valence electrons. The molecule has 10 heteroatoms. The minimum atomic E-state index is -0.862. The second-order valence-electron chi connectivity index (χ2n) is 7.54. The van der Waals surface area contributed by atoms with Crippen LogP contribution in [-0.2, 0) is 9.59 Å². The number of phenols is 1. The lowest BCUT2D eigenvalue weighted by atomic mass is 10.0. The Labute approximate surface area is 185 Å². The normalized spacial score (nSPS) is 11.9. The number of benzene rings is 2. The molecule has 0 spiro atoms. The molecule has 0 aliphatic rings. The quantitative estimate of drug-likeness (QED) is 0.293. The molecular formula is C22H26N4O6. The van der Waals surface area contributed by atoms with Crippen molar-refractivity contribution in [1.82, 2.24) is 10.7 Å². The Hall–Kier alpha value is -3.95. The number of aromatic hydroxyl groups is 1. The Kier molecular flexibility index (Phi) is 8.70. The van der Waals surface area contributed by atoms with E-state index < -0.39 is 22.8 Å². The Balaban J connectivity index is 1.99. The number of rotatable bonds is 10. The second-order valence-corrected chi connectivity index (χ2v) is 7.54. The average molecular weight is 442 g/mol. The van der Waals surface area contributed by atoms with Crippen molar-refractivity contribution in [3.63, 3.8) is 0 Å². The first-order valence-electron chi connectivity index (χ1n) is 9.95. The molecule has 2 aromatic rings. The van der Waals surface area contributed by atoms with E-state index in [4.69, 9.17) is 4.74 Å². The topological polar surface area (TPSA) is 143 Å². The molecule has 0 aliphatic carbocycles. The summed E-state index contributed by atoms with van der Waals surface area (Å²) in [6.45, 7) is 5.41. The highest BCUT2D eigenvalue weighted by molar-refractivity contribution is 5.90. The van der Waals surface area contributed by atoms with Crippen molar-refractivity contribution in [2.45, 2.75) is 33.2 Å². The number of aryl methyl sites for hydroxylation is 1. The summed E-state index contributed by atoms with van der Waals surface area (Å²) in [6, 6.07) is 9.85. The second kappa shape index (κ2) is 11.4. The van der Waals surface area contributed by atoms with Crippen molar-refractivity contribution in [3.05, 3.63) is 63.7 Å². The number of carbonyl (C=O) groups excluding carboxylic acids is 2. The molecule has 0 aliphatic heterocycles. The number of nitro groups is 1. The standard InChI is InChI=1S/C22H26N4O6/c1-14(2)10-18(24-21(28)13-32-20-7-5-4-6-15(20)3)22(29)25-23-12-16-11-17(26(30)31)8-9-19(16)27/h4-9,11-12,14,18,27H,10,13H2,1-3H3,(H,24,28)(H,25,29)/b23-12-/t18-/m0/s1. The van der Waals surface area contributed by atoms with E-state index in [1.165, 1.54) is 0 Å². The number of nitrogens with zero attached hydrogens (tertiary/aromatic N) is 2. The fraction of sp³-hybridized carbons (Fsp3) is 0.318. The molecule has 0 aromatic heterocycles. The van der Waals surface area contributed by atoms with E-state index in [-0.39, 0.29) is 29.5 Å². The van der Waals surface area contributed by atoms with Gasteiger partial charge < -0.3 is 15.2 Å². The van der Waals surface area contributed by atoms with Crippen LogP contribution >= 0.6 is 0 Å². The van der Waals surface area contributed by atoms with Gasteiger partial charge in [0.25, 0.3) is 17.5 Å². The minimum absolute atomic E-state index is 0.0653. The van der Waals surface area contributed by atoms with Crippen LogP contribution in [-0.4, -0.2) is 40.7 Å². The Morgan fingerprint density at radius 2 is 1.97 bits per heavy atom. The van der Waals surface area contributed by atoms with Crippen molar-refractivity contribution in [3.8, 4) is 11.5 Å². The molecule has 2 aromatic carbocycles. The number of amides is 2. The number of nitrogens with one attached hydrogen (secondary N) is 2. The predicted molar refractivity (Wildman–Crippen MR) is 119 cm³/mol. The molecule has 1 atom stereocenters. The summed E-state index contributed by atoms with van der Waals surface area (Å²) in [6.07, 6.45) is 1.45. The maximum atomic E-state index is 12.5. The summed E-state index contributed by atoms with van der Waals surface area (Å²) in [7, 11) is 0. The molecule has 10 nitrogen and oxygen atoms in total. The van der Waals surface area contributed by atoms with Crippen LogP contribution in [0.5, 0.6) is 11.5 Å². The van der Waals surface area contributed by atoms with Crippen LogP contribution < -0.4 is 15.5 Å². The van der Waals surface area contributed by atoms with E-state index in [1.807, 2.05) is 32.9 Å². The number of hydrazone groups is 1. The van der Waals surface area contributed by atoms with Gasteiger partial charge >= 0.3 is 0 Å². The molecule has 0 fully saturated rings. The fourth-order valence-corrected chi connectivity index (χ4v) is 2.80. The summed E-state index contributed by atoms with van der Waals surface area (Å²) in [5, 5.41) is 27.1. The van der Waals surface area contributed by atoms with Gasteiger partial charge in [-0.2, -0.15) is 5.10 Å². The van der Waals surface area contributed by atoms with E-state index in [1.54, 1.807) is 12.1 Å². The molecule has 0 radical (unpaired) electrons. The van der Waals surface area contributed by atoms with Gasteiger partial charge in [-0.3, -0.25) is 19.7 Å². The van der Waals surface area contributed by atoms with Crippen molar-refractivity contribution >= 4 is 23.7 Å². The Bertz CT molecular complexity index is 1010. The van der Waals surface area contributed by atoms with Crippen LogP contribution in [0.2, 0.25) is 0 Å². The molecule has 0 bridgehead atoms. The van der Waals surface area contributed by atoms with Gasteiger partial charge in [-0.1, -0.05) is 32.0 Å². The van der Waals surface area contributed by atoms with Gasteiger partial charge in [0.15, 0.2) is 6.61 Å². The van der Waals surface area contributed by atoms with Gasteiger partial charge in [-0.15, -0.1) is 0 Å². The third-order valence-electron chi connectivity index (χ3n) is 4.41. The van der Waals surface area contributed by atoms with E-state index >= 15 is 0 Å². The number of ether oxygens (including phenoxy) is 1. The number of carbonyl (C=O) groups is 2. The lowest BCUT2D eigenvalue weighted by Gasteiger charge is -2.19. The number of para-hydroxylation sites is 1. The van der Waals surface area contributed by atoms with Crippen LogP contribution in [0.4, 0.5) is 5.69 Å². The van der Waals surface area contributed by atoms with E-state index in [0.717, 1.165) is 30.0 Å². The molecule has 0 saturated carbocycles. The maximum Gasteiger partial charge on any atom is 0.270 e. The first kappa shape index (κ1) is 24.3. The average Bonchev–Trinajstić information content (AvgIpc) is 2.73. The van der Waals surface area contributed by atoms with Crippen molar-refractivity contribution in [1.29, 1.82) is 0 Å². The van der Waals surface area contributed by atoms with Crippen molar-refractivity contribution in [2.24, 2.45) is 11.0 Å². The Morgan fingerprint density at radius 1 is 1.25 bits per heavy atom. The Morgan fingerprint density at radius 3 is 2.62 bits per heavy atom. The highest BCUT2D eigenvalue weighted by Gasteiger charge is 2.22.